The average molecular weight is 378 g/mol. The van der Waals surface area contributed by atoms with Gasteiger partial charge in [0.25, 0.3) is 0 Å². The summed E-state index contributed by atoms with van der Waals surface area (Å²) in [4.78, 5) is 12.1. The molecule has 5 nitrogen and oxygen atoms in total. The topological polar surface area (TPSA) is 66.5 Å². The van der Waals surface area contributed by atoms with Crippen LogP contribution in [0.5, 0.6) is 0 Å². The highest BCUT2D eigenvalue weighted by molar-refractivity contribution is 7.89. The number of benzene rings is 2. The Hall–Kier alpha value is -2.25. The molecule has 0 aliphatic carbocycles. The highest BCUT2D eigenvalue weighted by Crippen LogP contribution is 2.20. The van der Waals surface area contributed by atoms with E-state index in [1.54, 1.807) is 12.1 Å². The van der Waals surface area contributed by atoms with Crippen molar-refractivity contribution in [1.29, 1.82) is 0 Å². The van der Waals surface area contributed by atoms with E-state index >= 15 is 0 Å². The molecule has 0 aliphatic heterocycles. The number of rotatable bonds is 7. The van der Waals surface area contributed by atoms with E-state index in [0.29, 0.717) is 11.6 Å². The zero-order chi connectivity index (χ0) is 19.3. The molecule has 0 aromatic heterocycles. The second kappa shape index (κ2) is 8.42. The first-order chi connectivity index (χ1) is 12.2. The van der Waals surface area contributed by atoms with Gasteiger partial charge in [0, 0.05) is 12.7 Å². The summed E-state index contributed by atoms with van der Waals surface area (Å²) in [6.45, 7) is 3.90. The fourth-order valence-electron chi connectivity index (χ4n) is 2.40. The van der Waals surface area contributed by atoms with Gasteiger partial charge in [-0.15, -0.1) is 0 Å². The molecule has 0 saturated heterocycles. The van der Waals surface area contributed by atoms with Crippen LogP contribution in [0.3, 0.4) is 0 Å². The van der Waals surface area contributed by atoms with E-state index in [9.17, 15) is 17.6 Å². The Kier molecular flexibility index (Phi) is 6.50. The third-order valence-electron chi connectivity index (χ3n) is 4.26. The highest BCUT2D eigenvalue weighted by atomic mass is 32.2. The molecule has 0 bridgehead atoms. The number of halogens is 1. The number of carbonyl (C=O) groups is 1. The molecule has 0 radical (unpaired) electrons. The molecule has 0 heterocycles. The molecule has 0 saturated carbocycles. The van der Waals surface area contributed by atoms with Crippen LogP contribution in [0, 0.1) is 5.82 Å². The van der Waals surface area contributed by atoms with Crippen molar-refractivity contribution < 1.29 is 17.6 Å². The van der Waals surface area contributed by atoms with Gasteiger partial charge < -0.3 is 5.32 Å². The Labute approximate surface area is 153 Å². The minimum absolute atomic E-state index is 0.0629. The molecule has 0 spiro atoms. The number of hydrogen-bond donors (Lipinski definition) is 1. The summed E-state index contributed by atoms with van der Waals surface area (Å²) in [5.74, 6) is -0.536. The number of nitrogens with zero attached hydrogens (tertiary/aromatic N) is 1. The molecule has 1 atom stereocenters. The summed E-state index contributed by atoms with van der Waals surface area (Å²) in [7, 11) is -2.55. The smallest absolute Gasteiger partial charge is 0.243 e. The number of sulfonamides is 1. The summed E-state index contributed by atoms with van der Waals surface area (Å²) in [6.07, 6.45) is 1.03. The Morgan fingerprint density at radius 2 is 1.69 bits per heavy atom. The lowest BCUT2D eigenvalue weighted by Gasteiger charge is -2.17. The van der Waals surface area contributed by atoms with E-state index in [4.69, 9.17) is 0 Å². The molecular formula is C19H23FN2O3S. The molecule has 140 valence electrons. The van der Waals surface area contributed by atoms with Crippen LogP contribution in [-0.2, 0) is 14.8 Å². The maximum atomic E-state index is 13.0. The van der Waals surface area contributed by atoms with Gasteiger partial charge in [-0.05, 0) is 54.3 Å². The van der Waals surface area contributed by atoms with Crippen molar-refractivity contribution in [2.75, 3.05) is 18.9 Å². The minimum Gasteiger partial charge on any atom is -0.325 e. The molecular weight excluding hydrogens is 355 g/mol. The zero-order valence-electron chi connectivity index (χ0n) is 15.1. The SMILES string of the molecule is CCC(C)c1ccc(NC(=O)CN(C)S(=O)(=O)c2ccc(F)cc2)cc1. The first-order valence-electron chi connectivity index (χ1n) is 8.35. The Morgan fingerprint density at radius 1 is 1.12 bits per heavy atom. The van der Waals surface area contributed by atoms with Crippen molar-refractivity contribution in [3.63, 3.8) is 0 Å². The number of nitrogens with one attached hydrogen (secondary N) is 1. The van der Waals surface area contributed by atoms with Gasteiger partial charge in [0.2, 0.25) is 15.9 Å². The average Bonchev–Trinajstić information content (AvgIpc) is 2.61. The van der Waals surface area contributed by atoms with E-state index in [2.05, 4.69) is 19.2 Å². The largest absolute Gasteiger partial charge is 0.325 e. The quantitative estimate of drug-likeness (QED) is 0.801. The fraction of sp³-hybridized carbons (Fsp3) is 0.316. The van der Waals surface area contributed by atoms with E-state index in [0.717, 1.165) is 22.9 Å². The van der Waals surface area contributed by atoms with Crippen LogP contribution in [0.1, 0.15) is 31.7 Å². The lowest BCUT2D eigenvalue weighted by molar-refractivity contribution is -0.116. The Bertz CT molecular complexity index is 849. The van der Waals surface area contributed by atoms with Crippen molar-refractivity contribution in [2.45, 2.75) is 31.1 Å². The Balaban J connectivity index is 2.01. The summed E-state index contributed by atoms with van der Waals surface area (Å²) < 4.78 is 38.7. The van der Waals surface area contributed by atoms with Crippen molar-refractivity contribution in [3.8, 4) is 0 Å². The Morgan fingerprint density at radius 3 is 2.23 bits per heavy atom. The van der Waals surface area contributed by atoms with Gasteiger partial charge in [0.15, 0.2) is 0 Å². The van der Waals surface area contributed by atoms with Gasteiger partial charge >= 0.3 is 0 Å². The first-order valence-corrected chi connectivity index (χ1v) is 9.79. The lowest BCUT2D eigenvalue weighted by Crippen LogP contribution is -2.34. The van der Waals surface area contributed by atoms with E-state index < -0.39 is 21.7 Å². The zero-order valence-corrected chi connectivity index (χ0v) is 15.9. The van der Waals surface area contributed by atoms with Gasteiger partial charge in [0.05, 0.1) is 11.4 Å². The summed E-state index contributed by atoms with van der Waals surface area (Å²) >= 11 is 0. The van der Waals surface area contributed by atoms with E-state index in [1.165, 1.54) is 24.7 Å². The number of carbonyl (C=O) groups excluding carboxylic acids is 1. The van der Waals surface area contributed by atoms with Crippen molar-refractivity contribution >= 4 is 21.6 Å². The van der Waals surface area contributed by atoms with Crippen LogP contribution in [0.2, 0.25) is 0 Å². The van der Waals surface area contributed by atoms with Crippen molar-refractivity contribution in [2.24, 2.45) is 0 Å². The fourth-order valence-corrected chi connectivity index (χ4v) is 3.53. The third kappa shape index (κ3) is 4.89. The lowest BCUT2D eigenvalue weighted by atomic mass is 9.99. The maximum absolute atomic E-state index is 13.0. The van der Waals surface area contributed by atoms with Gasteiger partial charge in [-0.25, -0.2) is 12.8 Å². The van der Waals surface area contributed by atoms with Crippen LogP contribution in [0.4, 0.5) is 10.1 Å². The van der Waals surface area contributed by atoms with Crippen LogP contribution in [0.25, 0.3) is 0 Å². The first kappa shape index (κ1) is 20.1. The standard InChI is InChI=1S/C19H23FN2O3S/c1-4-14(2)15-5-9-17(10-6-15)21-19(23)13-22(3)26(24,25)18-11-7-16(20)8-12-18/h5-12,14H,4,13H2,1-3H3,(H,21,23). The normalized spacial score (nSPS) is 12.8. The van der Waals surface area contributed by atoms with Crippen LogP contribution < -0.4 is 5.32 Å². The molecule has 0 fully saturated rings. The van der Waals surface area contributed by atoms with Gasteiger partial charge in [-0.1, -0.05) is 26.0 Å². The van der Waals surface area contributed by atoms with Crippen molar-refractivity contribution in [3.05, 3.63) is 59.9 Å². The number of amides is 1. The summed E-state index contributed by atoms with van der Waals surface area (Å²) in [5.41, 5.74) is 1.79. The molecule has 7 heteroatoms. The van der Waals surface area contributed by atoms with Crippen molar-refractivity contribution in [1.82, 2.24) is 4.31 Å². The predicted octanol–water partition coefficient (Wildman–Crippen LogP) is 3.60. The monoisotopic (exact) mass is 378 g/mol. The van der Waals surface area contributed by atoms with E-state index in [-0.39, 0.29) is 11.4 Å². The number of likely N-dealkylation sites (N-methyl/N-ethyl adjacent to an activating group) is 1. The second-order valence-corrected chi connectivity index (χ2v) is 8.24. The van der Waals surface area contributed by atoms with Gasteiger partial charge in [-0.3, -0.25) is 4.79 Å². The molecule has 2 aromatic rings. The summed E-state index contributed by atoms with van der Waals surface area (Å²) in [6, 6.07) is 12.0. The highest BCUT2D eigenvalue weighted by Gasteiger charge is 2.23. The van der Waals surface area contributed by atoms with Gasteiger partial charge in [0.1, 0.15) is 5.82 Å². The summed E-state index contributed by atoms with van der Waals surface area (Å²) in [5, 5.41) is 2.68. The van der Waals surface area contributed by atoms with Gasteiger partial charge in [-0.2, -0.15) is 4.31 Å². The molecule has 1 N–H and O–H groups in total. The van der Waals surface area contributed by atoms with Crippen LogP contribution in [0.15, 0.2) is 53.4 Å². The second-order valence-electron chi connectivity index (χ2n) is 6.19. The number of hydrogen-bond acceptors (Lipinski definition) is 3. The number of anilines is 1. The molecule has 0 aliphatic rings. The predicted molar refractivity (Wildman–Crippen MR) is 100.0 cm³/mol. The maximum Gasteiger partial charge on any atom is 0.243 e. The minimum atomic E-state index is -3.86. The molecule has 2 aromatic carbocycles. The van der Waals surface area contributed by atoms with Crippen LogP contribution in [-0.4, -0.2) is 32.2 Å². The molecule has 2 rings (SSSR count). The van der Waals surface area contributed by atoms with E-state index in [1.807, 2.05) is 12.1 Å². The molecule has 1 unspecified atom stereocenters. The molecule has 1 amide bonds. The van der Waals surface area contributed by atoms with Crippen LogP contribution >= 0.6 is 0 Å². The molecule has 26 heavy (non-hydrogen) atoms. The third-order valence-corrected chi connectivity index (χ3v) is 6.08.